The Bertz CT molecular complexity index is 1450. The number of benzene rings is 3. The molecule has 4 rings (SSSR count). The average molecular weight is 616 g/mol. The smallest absolute Gasteiger partial charge is 0.338 e. The molecular weight excluding hydrogens is 598 g/mol. The number of anilines is 2. The molecule has 1 aliphatic rings. The van der Waals surface area contributed by atoms with Crippen LogP contribution in [0.5, 0.6) is 11.5 Å². The summed E-state index contributed by atoms with van der Waals surface area (Å²) in [6.45, 7) is 2.01. The zero-order chi connectivity index (χ0) is 27.6. The van der Waals surface area contributed by atoms with E-state index in [1.165, 1.54) is 11.8 Å². The van der Waals surface area contributed by atoms with Crippen LogP contribution in [0, 0.1) is 0 Å². The first kappa shape index (κ1) is 28.2. The van der Waals surface area contributed by atoms with Crippen molar-refractivity contribution in [1.29, 1.82) is 0 Å². The molecule has 0 aromatic heterocycles. The van der Waals surface area contributed by atoms with Crippen LogP contribution in [0.2, 0.25) is 20.1 Å². The highest BCUT2D eigenvalue weighted by Crippen LogP contribution is 2.42. The van der Waals surface area contributed by atoms with Crippen LogP contribution in [0.15, 0.2) is 47.4 Å². The van der Waals surface area contributed by atoms with Crippen LogP contribution in [0.1, 0.15) is 34.1 Å². The van der Waals surface area contributed by atoms with E-state index in [9.17, 15) is 19.5 Å². The monoisotopic (exact) mass is 614 g/mol. The molecule has 3 aromatic rings. The Morgan fingerprint density at radius 2 is 1.55 bits per heavy atom. The van der Waals surface area contributed by atoms with Crippen molar-refractivity contribution in [3.8, 4) is 11.5 Å². The fourth-order valence-electron chi connectivity index (χ4n) is 3.57. The van der Waals surface area contributed by atoms with Gasteiger partial charge in [-0.25, -0.2) is 4.79 Å². The number of fused-ring (bicyclic) bond motifs is 1. The Morgan fingerprint density at radius 1 is 0.895 bits per heavy atom. The second kappa shape index (κ2) is 11.9. The fraction of sp³-hybridized carbons (Fsp3) is 0.160. The Morgan fingerprint density at radius 3 is 2.24 bits per heavy atom. The van der Waals surface area contributed by atoms with Crippen LogP contribution in [-0.4, -0.2) is 34.9 Å². The predicted octanol–water partition coefficient (Wildman–Crippen LogP) is 7.49. The first-order valence-electron chi connectivity index (χ1n) is 11.0. The van der Waals surface area contributed by atoms with Gasteiger partial charge in [-0.1, -0.05) is 59.4 Å². The van der Waals surface area contributed by atoms with Gasteiger partial charge in [0.15, 0.2) is 11.5 Å². The van der Waals surface area contributed by atoms with Crippen molar-refractivity contribution in [2.24, 2.45) is 0 Å². The molecule has 0 aliphatic carbocycles. The molecule has 8 nitrogen and oxygen atoms in total. The molecule has 198 valence electrons. The van der Waals surface area contributed by atoms with E-state index in [0.29, 0.717) is 34.2 Å². The minimum absolute atomic E-state index is 0.134. The molecule has 3 N–H and O–H groups in total. The number of thioether (sulfide) groups is 1. The normalized spacial score (nSPS) is 12.7. The molecule has 0 bridgehead atoms. The molecule has 1 aliphatic heterocycles. The Hall–Kier alpha value is -2.82. The van der Waals surface area contributed by atoms with Gasteiger partial charge in [0.1, 0.15) is 0 Å². The second-order valence-corrected chi connectivity index (χ2v) is 10.7. The van der Waals surface area contributed by atoms with Crippen molar-refractivity contribution in [1.82, 2.24) is 0 Å². The van der Waals surface area contributed by atoms with Crippen molar-refractivity contribution in [2.75, 3.05) is 17.4 Å². The number of rotatable bonds is 8. The van der Waals surface area contributed by atoms with Crippen molar-refractivity contribution in [3.63, 3.8) is 0 Å². The van der Waals surface area contributed by atoms with Gasteiger partial charge in [0.05, 0.1) is 36.5 Å². The van der Waals surface area contributed by atoms with Crippen LogP contribution in [0.3, 0.4) is 0 Å². The zero-order valence-electron chi connectivity index (χ0n) is 19.4. The average Bonchev–Trinajstić information content (AvgIpc) is 3.35. The molecule has 0 fully saturated rings. The number of hydrogen-bond donors (Lipinski definition) is 3. The van der Waals surface area contributed by atoms with E-state index in [1.807, 2.05) is 6.92 Å². The molecule has 0 spiro atoms. The molecule has 1 heterocycles. The number of amides is 2. The SMILES string of the molecule is CCC(Sc1cccc(NC(=O)c2c(Cl)c(Cl)c(Cl)c(Cl)c2C(=O)O)c1)C(=O)Nc1ccc2c(c1)OCO2. The highest BCUT2D eigenvalue weighted by Gasteiger charge is 2.29. The van der Waals surface area contributed by atoms with Gasteiger partial charge in [-0.15, -0.1) is 11.8 Å². The standard InChI is InChI=1S/C25H18Cl4N2O6S/c1-2-16(23(32)30-12-6-7-14-15(9-12)37-10-36-14)38-13-5-3-4-11(8-13)31-24(33)17-18(25(34)35)20(27)22(29)21(28)19(17)26/h3-9,16H,2,10H2,1H3,(H,30,32)(H,31,33)(H,34,35). The van der Waals surface area contributed by atoms with E-state index >= 15 is 0 Å². The summed E-state index contributed by atoms with van der Waals surface area (Å²) < 4.78 is 10.6. The largest absolute Gasteiger partial charge is 0.478 e. The second-order valence-electron chi connectivity index (χ2n) is 7.87. The maximum atomic E-state index is 13.0. The van der Waals surface area contributed by atoms with Crippen LogP contribution < -0.4 is 20.1 Å². The molecule has 0 saturated carbocycles. The topological polar surface area (TPSA) is 114 Å². The maximum Gasteiger partial charge on any atom is 0.338 e. The van der Waals surface area contributed by atoms with Crippen molar-refractivity contribution in [2.45, 2.75) is 23.5 Å². The number of carbonyl (C=O) groups is 3. The van der Waals surface area contributed by atoms with Gasteiger partial charge in [0.2, 0.25) is 12.7 Å². The number of nitrogens with one attached hydrogen (secondary N) is 2. The van der Waals surface area contributed by atoms with Gasteiger partial charge in [-0.3, -0.25) is 9.59 Å². The van der Waals surface area contributed by atoms with Crippen LogP contribution in [0.4, 0.5) is 11.4 Å². The van der Waals surface area contributed by atoms with E-state index in [0.717, 1.165) is 0 Å². The molecule has 2 amide bonds. The molecule has 0 saturated heterocycles. The minimum atomic E-state index is -1.50. The van der Waals surface area contributed by atoms with Crippen molar-refractivity contribution >= 4 is 87.3 Å². The van der Waals surface area contributed by atoms with Crippen LogP contribution >= 0.6 is 58.2 Å². The summed E-state index contributed by atoms with van der Waals surface area (Å²) in [5, 5.41) is 13.4. The van der Waals surface area contributed by atoms with Crippen LogP contribution in [0.25, 0.3) is 0 Å². The number of carbonyl (C=O) groups excluding carboxylic acids is 2. The number of halogens is 4. The molecule has 3 aromatic carbocycles. The summed E-state index contributed by atoms with van der Waals surface area (Å²) in [4.78, 5) is 38.5. The minimum Gasteiger partial charge on any atom is -0.478 e. The summed E-state index contributed by atoms with van der Waals surface area (Å²) in [7, 11) is 0. The predicted molar refractivity (Wildman–Crippen MR) is 149 cm³/mol. The number of hydrogen-bond acceptors (Lipinski definition) is 6. The Labute approximate surface area is 241 Å². The van der Waals surface area contributed by atoms with E-state index in [-0.39, 0.29) is 27.8 Å². The summed E-state index contributed by atoms with van der Waals surface area (Å²) in [5.74, 6) is -1.38. The quantitative estimate of drug-likeness (QED) is 0.137. The lowest BCUT2D eigenvalue weighted by Gasteiger charge is -2.16. The summed E-state index contributed by atoms with van der Waals surface area (Å²) in [6, 6.07) is 11.9. The molecule has 13 heteroatoms. The first-order chi connectivity index (χ1) is 18.1. The fourth-order valence-corrected chi connectivity index (χ4v) is 5.60. The summed E-state index contributed by atoms with van der Waals surface area (Å²) >= 11 is 25.5. The van der Waals surface area contributed by atoms with Crippen molar-refractivity contribution in [3.05, 3.63) is 73.7 Å². The van der Waals surface area contributed by atoms with Crippen molar-refractivity contribution < 1.29 is 29.0 Å². The first-order valence-corrected chi connectivity index (χ1v) is 13.4. The lowest BCUT2D eigenvalue weighted by atomic mass is 10.1. The van der Waals surface area contributed by atoms with E-state index in [4.69, 9.17) is 55.9 Å². The highest BCUT2D eigenvalue weighted by atomic mass is 35.5. The van der Waals surface area contributed by atoms with E-state index in [2.05, 4.69) is 10.6 Å². The zero-order valence-corrected chi connectivity index (χ0v) is 23.3. The molecule has 1 unspecified atom stereocenters. The molecule has 0 radical (unpaired) electrons. The molecule has 1 atom stereocenters. The number of carboxylic acids is 1. The van der Waals surface area contributed by atoms with Crippen LogP contribution in [-0.2, 0) is 4.79 Å². The third kappa shape index (κ3) is 5.92. The number of ether oxygens (including phenoxy) is 2. The van der Waals surface area contributed by atoms with Gasteiger partial charge < -0.3 is 25.2 Å². The van der Waals surface area contributed by atoms with Gasteiger partial charge >= 0.3 is 5.97 Å². The number of aromatic carboxylic acids is 1. The van der Waals surface area contributed by atoms with Gasteiger partial charge in [0.25, 0.3) is 5.91 Å². The van der Waals surface area contributed by atoms with Gasteiger partial charge in [-0.05, 0) is 36.8 Å². The lowest BCUT2D eigenvalue weighted by molar-refractivity contribution is -0.115. The molecule has 38 heavy (non-hydrogen) atoms. The highest BCUT2D eigenvalue weighted by molar-refractivity contribution is 8.00. The maximum absolute atomic E-state index is 13.0. The Balaban J connectivity index is 1.50. The van der Waals surface area contributed by atoms with E-state index in [1.54, 1.807) is 42.5 Å². The molecular formula is C25H18Cl4N2O6S. The summed E-state index contributed by atoms with van der Waals surface area (Å²) in [5.41, 5.74) is -0.0853. The third-order valence-corrected chi connectivity index (χ3v) is 8.54. The van der Waals surface area contributed by atoms with E-state index < -0.39 is 33.3 Å². The summed E-state index contributed by atoms with van der Waals surface area (Å²) in [6.07, 6.45) is 0.525. The lowest BCUT2D eigenvalue weighted by Crippen LogP contribution is -2.24. The van der Waals surface area contributed by atoms with Gasteiger partial charge in [0, 0.05) is 22.3 Å². The van der Waals surface area contributed by atoms with Gasteiger partial charge in [-0.2, -0.15) is 0 Å². The third-order valence-electron chi connectivity index (χ3n) is 5.38. The Kier molecular flexibility index (Phi) is 8.85. The number of carboxylic acid groups (broad SMARTS) is 1.